The molecule has 2 aromatic rings. The maximum atomic E-state index is 11.3. The monoisotopic (exact) mass is 267 g/mol. The minimum Gasteiger partial charge on any atom is -0.310 e. The summed E-state index contributed by atoms with van der Waals surface area (Å²) in [5.41, 5.74) is 2.52. The standard InChI is InChI=1S/C16H17N3O/c1-4-19-16(17-13(3)20)15(12(2)18-19)11-10-14-8-6-5-7-9-14/h5-9H,4H2,1-3H3,(H,17,20). The fraction of sp³-hybridized carbons (Fsp3) is 0.250. The normalized spacial score (nSPS) is 9.75. The van der Waals surface area contributed by atoms with Crippen molar-refractivity contribution in [2.45, 2.75) is 27.3 Å². The third-order valence-electron chi connectivity index (χ3n) is 2.83. The zero-order valence-electron chi connectivity index (χ0n) is 11.9. The number of hydrogen-bond acceptors (Lipinski definition) is 2. The molecule has 4 heteroatoms. The molecular formula is C16H17N3O. The Morgan fingerprint density at radius 3 is 2.60 bits per heavy atom. The highest BCUT2D eigenvalue weighted by Gasteiger charge is 2.13. The van der Waals surface area contributed by atoms with Crippen LogP contribution >= 0.6 is 0 Å². The summed E-state index contributed by atoms with van der Waals surface area (Å²) in [7, 11) is 0. The van der Waals surface area contributed by atoms with Crippen molar-refractivity contribution >= 4 is 11.7 Å². The Labute approximate surface area is 118 Å². The van der Waals surface area contributed by atoms with Gasteiger partial charge in [-0.2, -0.15) is 5.10 Å². The van der Waals surface area contributed by atoms with Gasteiger partial charge < -0.3 is 5.32 Å². The van der Waals surface area contributed by atoms with Crippen LogP contribution in [0, 0.1) is 18.8 Å². The quantitative estimate of drug-likeness (QED) is 0.850. The van der Waals surface area contributed by atoms with E-state index in [2.05, 4.69) is 22.3 Å². The van der Waals surface area contributed by atoms with E-state index in [1.54, 1.807) is 4.68 Å². The largest absolute Gasteiger partial charge is 0.310 e. The number of nitrogens with zero attached hydrogens (tertiary/aromatic N) is 2. The van der Waals surface area contributed by atoms with Gasteiger partial charge in [-0.3, -0.25) is 4.79 Å². The second-order valence-electron chi connectivity index (χ2n) is 4.42. The van der Waals surface area contributed by atoms with Crippen LogP contribution in [0.1, 0.15) is 30.7 Å². The van der Waals surface area contributed by atoms with E-state index < -0.39 is 0 Å². The fourth-order valence-corrected chi connectivity index (χ4v) is 1.91. The lowest BCUT2D eigenvalue weighted by atomic mass is 10.2. The smallest absolute Gasteiger partial charge is 0.222 e. The van der Waals surface area contributed by atoms with E-state index >= 15 is 0 Å². The second-order valence-corrected chi connectivity index (χ2v) is 4.42. The van der Waals surface area contributed by atoms with Gasteiger partial charge in [0.15, 0.2) is 0 Å². The highest BCUT2D eigenvalue weighted by Crippen LogP contribution is 2.18. The average Bonchev–Trinajstić information content (AvgIpc) is 2.73. The Morgan fingerprint density at radius 2 is 2.00 bits per heavy atom. The predicted octanol–water partition coefficient (Wildman–Crippen LogP) is 2.57. The molecule has 0 aliphatic heterocycles. The van der Waals surface area contributed by atoms with Crippen LogP contribution in [0.4, 0.5) is 5.82 Å². The number of carbonyl (C=O) groups excluding carboxylic acids is 1. The molecule has 0 atom stereocenters. The van der Waals surface area contributed by atoms with Gasteiger partial charge in [0.2, 0.25) is 5.91 Å². The van der Waals surface area contributed by atoms with Crippen LogP contribution in [-0.2, 0) is 11.3 Å². The molecule has 1 aromatic carbocycles. The molecule has 0 saturated heterocycles. The topological polar surface area (TPSA) is 46.9 Å². The van der Waals surface area contributed by atoms with Crippen molar-refractivity contribution in [3.63, 3.8) is 0 Å². The number of carbonyl (C=O) groups is 1. The van der Waals surface area contributed by atoms with E-state index in [9.17, 15) is 4.79 Å². The number of nitrogens with one attached hydrogen (secondary N) is 1. The minimum atomic E-state index is -0.123. The highest BCUT2D eigenvalue weighted by molar-refractivity contribution is 5.89. The molecule has 4 nitrogen and oxygen atoms in total. The van der Waals surface area contributed by atoms with E-state index in [1.165, 1.54) is 6.92 Å². The summed E-state index contributed by atoms with van der Waals surface area (Å²) < 4.78 is 1.76. The van der Waals surface area contributed by atoms with Crippen LogP contribution < -0.4 is 5.32 Å². The number of hydrogen-bond donors (Lipinski definition) is 1. The Bertz CT molecular complexity index is 675. The van der Waals surface area contributed by atoms with E-state index in [4.69, 9.17) is 0 Å². The fourth-order valence-electron chi connectivity index (χ4n) is 1.91. The number of aryl methyl sites for hydroxylation is 2. The summed E-state index contributed by atoms with van der Waals surface area (Å²) in [5, 5.41) is 7.20. The summed E-state index contributed by atoms with van der Waals surface area (Å²) >= 11 is 0. The van der Waals surface area contributed by atoms with Crippen LogP contribution in [0.5, 0.6) is 0 Å². The average molecular weight is 267 g/mol. The highest BCUT2D eigenvalue weighted by atomic mass is 16.1. The maximum Gasteiger partial charge on any atom is 0.222 e. The molecule has 1 amide bonds. The van der Waals surface area contributed by atoms with Gasteiger partial charge in [0, 0.05) is 19.0 Å². The molecule has 0 aliphatic carbocycles. The van der Waals surface area contributed by atoms with Gasteiger partial charge >= 0.3 is 0 Å². The molecule has 0 saturated carbocycles. The zero-order valence-corrected chi connectivity index (χ0v) is 11.9. The molecule has 0 radical (unpaired) electrons. The van der Waals surface area contributed by atoms with Gasteiger partial charge in [-0.1, -0.05) is 30.0 Å². The third kappa shape index (κ3) is 3.07. The SMILES string of the molecule is CCn1nc(C)c(C#Cc2ccccc2)c1NC(C)=O. The lowest BCUT2D eigenvalue weighted by Crippen LogP contribution is -2.12. The van der Waals surface area contributed by atoms with Crippen molar-refractivity contribution < 1.29 is 4.79 Å². The van der Waals surface area contributed by atoms with E-state index in [0.717, 1.165) is 16.8 Å². The number of rotatable bonds is 2. The molecule has 1 N–H and O–H groups in total. The van der Waals surface area contributed by atoms with Gasteiger partial charge in [0.05, 0.1) is 11.3 Å². The van der Waals surface area contributed by atoms with Gasteiger partial charge in [0.1, 0.15) is 5.82 Å². The molecule has 20 heavy (non-hydrogen) atoms. The lowest BCUT2D eigenvalue weighted by Gasteiger charge is -2.05. The van der Waals surface area contributed by atoms with Crippen molar-refractivity contribution in [3.8, 4) is 11.8 Å². The lowest BCUT2D eigenvalue weighted by molar-refractivity contribution is -0.114. The molecule has 0 bridgehead atoms. The summed E-state index contributed by atoms with van der Waals surface area (Å²) in [5.74, 6) is 6.75. The number of anilines is 1. The van der Waals surface area contributed by atoms with Crippen LogP contribution in [0.15, 0.2) is 30.3 Å². The minimum absolute atomic E-state index is 0.123. The molecule has 0 unspecified atom stereocenters. The Hall–Kier alpha value is -2.54. The Kier molecular flexibility index (Phi) is 4.21. The first-order chi connectivity index (χ1) is 9.61. The first-order valence-corrected chi connectivity index (χ1v) is 6.54. The number of aromatic nitrogens is 2. The van der Waals surface area contributed by atoms with E-state index in [1.807, 2.05) is 44.2 Å². The van der Waals surface area contributed by atoms with Gasteiger partial charge in [-0.25, -0.2) is 4.68 Å². The Balaban J connectivity index is 2.43. The molecule has 1 aromatic heterocycles. The van der Waals surface area contributed by atoms with Crippen molar-refractivity contribution in [2.75, 3.05) is 5.32 Å². The van der Waals surface area contributed by atoms with Gasteiger partial charge in [-0.05, 0) is 26.0 Å². The summed E-state index contributed by atoms with van der Waals surface area (Å²) in [4.78, 5) is 11.3. The summed E-state index contributed by atoms with van der Waals surface area (Å²) in [6.45, 7) is 6.04. The van der Waals surface area contributed by atoms with Crippen molar-refractivity contribution in [1.29, 1.82) is 0 Å². The number of benzene rings is 1. The van der Waals surface area contributed by atoms with E-state index in [0.29, 0.717) is 12.4 Å². The Morgan fingerprint density at radius 1 is 1.30 bits per heavy atom. The molecule has 2 rings (SSSR count). The summed E-state index contributed by atoms with van der Waals surface area (Å²) in [6.07, 6.45) is 0. The first-order valence-electron chi connectivity index (χ1n) is 6.54. The number of amides is 1. The molecule has 0 aliphatic rings. The first kappa shape index (κ1) is 13.9. The van der Waals surface area contributed by atoms with Crippen LogP contribution in [0.2, 0.25) is 0 Å². The molecule has 102 valence electrons. The van der Waals surface area contributed by atoms with Crippen LogP contribution in [-0.4, -0.2) is 15.7 Å². The van der Waals surface area contributed by atoms with Crippen molar-refractivity contribution in [3.05, 3.63) is 47.2 Å². The summed E-state index contributed by atoms with van der Waals surface area (Å²) in [6, 6.07) is 9.74. The molecular weight excluding hydrogens is 250 g/mol. The van der Waals surface area contributed by atoms with Gasteiger partial charge in [0.25, 0.3) is 0 Å². The molecule has 0 spiro atoms. The maximum absolute atomic E-state index is 11.3. The van der Waals surface area contributed by atoms with E-state index in [-0.39, 0.29) is 5.91 Å². The molecule has 1 heterocycles. The van der Waals surface area contributed by atoms with Crippen molar-refractivity contribution in [1.82, 2.24) is 9.78 Å². The second kappa shape index (κ2) is 6.07. The third-order valence-corrected chi connectivity index (χ3v) is 2.83. The predicted molar refractivity (Wildman–Crippen MR) is 79.4 cm³/mol. The van der Waals surface area contributed by atoms with Crippen LogP contribution in [0.25, 0.3) is 0 Å². The van der Waals surface area contributed by atoms with Gasteiger partial charge in [-0.15, -0.1) is 0 Å². The van der Waals surface area contributed by atoms with Crippen molar-refractivity contribution in [2.24, 2.45) is 0 Å². The van der Waals surface area contributed by atoms with Crippen LogP contribution in [0.3, 0.4) is 0 Å². The zero-order chi connectivity index (χ0) is 14.5. The molecule has 0 fully saturated rings.